The summed E-state index contributed by atoms with van der Waals surface area (Å²) in [6, 6.07) is 11.2. The topological polar surface area (TPSA) is 90.5 Å². The van der Waals surface area contributed by atoms with E-state index in [4.69, 9.17) is 11.6 Å². The molecule has 0 atom stereocenters. The summed E-state index contributed by atoms with van der Waals surface area (Å²) >= 11 is 5.90. The number of urea groups is 2. The number of nitrogens with zero attached hydrogens (tertiary/aromatic N) is 1. The van der Waals surface area contributed by atoms with E-state index in [-0.39, 0.29) is 11.4 Å². The van der Waals surface area contributed by atoms with Gasteiger partial charge in [0.2, 0.25) is 0 Å². The average molecular weight is 505 g/mol. The van der Waals surface area contributed by atoms with Crippen molar-refractivity contribution in [2.24, 2.45) is 0 Å². The lowest BCUT2D eigenvalue weighted by atomic mass is 10.2. The Morgan fingerprint density at radius 3 is 2.14 bits per heavy atom. The van der Waals surface area contributed by atoms with Crippen molar-refractivity contribution in [1.29, 1.82) is 0 Å². The highest BCUT2D eigenvalue weighted by Gasteiger charge is 2.20. The van der Waals surface area contributed by atoms with Crippen molar-refractivity contribution >= 4 is 46.6 Å². The molecule has 0 heterocycles. The smallest absolute Gasteiger partial charge is 0.307 e. The molecular weight excluding hydrogens is 485 g/mol. The van der Waals surface area contributed by atoms with Crippen LogP contribution in [0.2, 0.25) is 5.02 Å². The highest BCUT2D eigenvalue weighted by Crippen LogP contribution is 2.22. The van der Waals surface area contributed by atoms with Crippen LogP contribution >= 0.6 is 11.6 Å². The zero-order chi connectivity index (χ0) is 25.5. The van der Waals surface area contributed by atoms with Crippen LogP contribution in [-0.2, 0) is 0 Å². The standard InChI is InChI=1S/C24H20ClF3N4O3/c1-2-12-32(16-9-6-14(25)7-10-16)24(35)29-15-8-11-20(19(28)13-15)30-23(34)31-22(33)21-17(26)4-3-5-18(21)27/h3-11,13H,2,12H2,1H3,(H,29,35)(H2,30,31,33,34). The molecule has 0 aromatic heterocycles. The Morgan fingerprint density at radius 1 is 0.886 bits per heavy atom. The fourth-order valence-electron chi connectivity index (χ4n) is 3.11. The Labute approximate surface area is 203 Å². The van der Waals surface area contributed by atoms with Gasteiger partial charge in [0.1, 0.15) is 23.0 Å². The first-order chi connectivity index (χ1) is 16.7. The van der Waals surface area contributed by atoms with E-state index < -0.39 is 41.0 Å². The maximum Gasteiger partial charge on any atom is 0.326 e. The van der Waals surface area contributed by atoms with E-state index in [9.17, 15) is 27.6 Å². The van der Waals surface area contributed by atoms with E-state index in [0.717, 1.165) is 30.3 Å². The van der Waals surface area contributed by atoms with Crippen molar-refractivity contribution in [3.63, 3.8) is 0 Å². The summed E-state index contributed by atoms with van der Waals surface area (Å²) in [6.45, 7) is 2.29. The van der Waals surface area contributed by atoms with Crippen molar-refractivity contribution in [2.45, 2.75) is 13.3 Å². The van der Waals surface area contributed by atoms with Gasteiger partial charge in [0.25, 0.3) is 5.91 Å². The molecule has 35 heavy (non-hydrogen) atoms. The van der Waals surface area contributed by atoms with Gasteiger partial charge in [-0.05, 0) is 61.0 Å². The van der Waals surface area contributed by atoms with Gasteiger partial charge in [-0.1, -0.05) is 24.6 Å². The molecule has 7 nitrogen and oxygen atoms in total. The molecular formula is C24H20ClF3N4O3. The molecule has 0 aliphatic carbocycles. The molecule has 5 amide bonds. The number of amides is 5. The second-order valence-corrected chi connectivity index (χ2v) is 7.69. The third-order valence-corrected chi connectivity index (χ3v) is 4.97. The quantitative estimate of drug-likeness (QED) is 0.375. The molecule has 0 unspecified atom stereocenters. The number of hydrogen-bond acceptors (Lipinski definition) is 3. The van der Waals surface area contributed by atoms with Crippen LogP contribution in [-0.4, -0.2) is 24.5 Å². The molecule has 182 valence electrons. The highest BCUT2D eigenvalue weighted by atomic mass is 35.5. The fourth-order valence-corrected chi connectivity index (χ4v) is 3.24. The largest absolute Gasteiger partial charge is 0.326 e. The number of halogens is 4. The van der Waals surface area contributed by atoms with Crippen LogP contribution in [0.4, 0.5) is 39.8 Å². The molecule has 3 rings (SSSR count). The Hall–Kier alpha value is -4.05. The van der Waals surface area contributed by atoms with Crippen LogP contribution in [0, 0.1) is 17.5 Å². The number of carbonyl (C=O) groups excluding carboxylic acids is 3. The first-order valence-corrected chi connectivity index (χ1v) is 10.8. The molecule has 0 fully saturated rings. The van der Waals surface area contributed by atoms with Gasteiger partial charge in [-0.3, -0.25) is 15.0 Å². The van der Waals surface area contributed by atoms with Crippen LogP contribution in [0.5, 0.6) is 0 Å². The summed E-state index contributed by atoms with van der Waals surface area (Å²) in [7, 11) is 0. The summed E-state index contributed by atoms with van der Waals surface area (Å²) < 4.78 is 41.9. The van der Waals surface area contributed by atoms with Crippen molar-refractivity contribution in [3.05, 3.63) is 88.7 Å². The van der Waals surface area contributed by atoms with Gasteiger partial charge >= 0.3 is 12.1 Å². The predicted molar refractivity (Wildman–Crippen MR) is 127 cm³/mol. The predicted octanol–water partition coefficient (Wildman–Crippen LogP) is 6.17. The minimum absolute atomic E-state index is 0.109. The lowest BCUT2D eigenvalue weighted by Crippen LogP contribution is -2.36. The maximum absolute atomic E-state index is 14.5. The fraction of sp³-hybridized carbons (Fsp3) is 0.125. The Bertz CT molecular complexity index is 1240. The van der Waals surface area contributed by atoms with Gasteiger partial charge < -0.3 is 10.6 Å². The molecule has 0 aliphatic heterocycles. The summed E-state index contributed by atoms with van der Waals surface area (Å²) in [5.41, 5.74) is -0.568. The lowest BCUT2D eigenvalue weighted by Gasteiger charge is -2.23. The average Bonchev–Trinajstić information content (AvgIpc) is 2.80. The Morgan fingerprint density at radius 2 is 1.54 bits per heavy atom. The minimum Gasteiger partial charge on any atom is -0.307 e. The van der Waals surface area contributed by atoms with E-state index >= 15 is 0 Å². The van der Waals surface area contributed by atoms with Crippen molar-refractivity contribution in [1.82, 2.24) is 5.32 Å². The number of rotatable bonds is 6. The normalized spacial score (nSPS) is 10.4. The zero-order valence-corrected chi connectivity index (χ0v) is 19.1. The first-order valence-electron chi connectivity index (χ1n) is 10.4. The maximum atomic E-state index is 14.5. The van der Waals surface area contributed by atoms with Crippen LogP contribution in [0.3, 0.4) is 0 Å². The van der Waals surface area contributed by atoms with Gasteiger partial charge in [0.05, 0.1) is 5.69 Å². The number of anilines is 3. The van der Waals surface area contributed by atoms with E-state index in [1.54, 1.807) is 29.6 Å². The van der Waals surface area contributed by atoms with Gasteiger partial charge in [0.15, 0.2) is 0 Å². The molecule has 3 aromatic carbocycles. The van der Waals surface area contributed by atoms with Gasteiger partial charge in [0, 0.05) is 22.9 Å². The molecule has 0 saturated heterocycles. The highest BCUT2D eigenvalue weighted by molar-refractivity contribution is 6.30. The Kier molecular flexibility index (Phi) is 8.32. The van der Waals surface area contributed by atoms with Crippen LogP contribution < -0.4 is 20.9 Å². The zero-order valence-electron chi connectivity index (χ0n) is 18.4. The van der Waals surface area contributed by atoms with Gasteiger partial charge in [-0.2, -0.15) is 0 Å². The third kappa shape index (κ3) is 6.51. The number of nitrogens with one attached hydrogen (secondary N) is 3. The minimum atomic E-state index is -1.33. The van der Waals surface area contributed by atoms with Crippen molar-refractivity contribution in [3.8, 4) is 0 Å². The van der Waals surface area contributed by atoms with Crippen LogP contribution in [0.1, 0.15) is 23.7 Å². The van der Waals surface area contributed by atoms with E-state index in [1.807, 2.05) is 6.92 Å². The number of carbonyl (C=O) groups is 3. The van der Waals surface area contributed by atoms with Crippen LogP contribution in [0.25, 0.3) is 0 Å². The van der Waals surface area contributed by atoms with Crippen molar-refractivity contribution < 1.29 is 27.6 Å². The van der Waals surface area contributed by atoms with Gasteiger partial charge in [-0.15, -0.1) is 0 Å². The van der Waals surface area contributed by atoms with E-state index in [0.29, 0.717) is 23.7 Å². The number of imide groups is 1. The van der Waals surface area contributed by atoms with E-state index in [2.05, 4.69) is 10.6 Å². The lowest BCUT2D eigenvalue weighted by molar-refractivity contribution is 0.0959. The first kappa shape index (κ1) is 25.6. The monoisotopic (exact) mass is 504 g/mol. The van der Waals surface area contributed by atoms with Gasteiger partial charge in [-0.25, -0.2) is 22.8 Å². The SMILES string of the molecule is CCCN(C(=O)Nc1ccc(NC(=O)NC(=O)c2c(F)cccc2F)c(F)c1)c1ccc(Cl)cc1. The molecule has 0 aliphatic rings. The summed E-state index contributed by atoms with van der Waals surface area (Å²) in [4.78, 5) is 38.2. The Balaban J connectivity index is 1.66. The third-order valence-electron chi connectivity index (χ3n) is 4.72. The van der Waals surface area contributed by atoms with Crippen molar-refractivity contribution in [2.75, 3.05) is 22.1 Å². The molecule has 3 N–H and O–H groups in total. The second kappa shape index (κ2) is 11.4. The summed E-state index contributed by atoms with van der Waals surface area (Å²) in [6.07, 6.45) is 0.665. The molecule has 0 radical (unpaired) electrons. The molecule has 0 bridgehead atoms. The number of hydrogen-bond donors (Lipinski definition) is 3. The van der Waals surface area contributed by atoms with Crippen LogP contribution in [0.15, 0.2) is 60.7 Å². The van der Waals surface area contributed by atoms with E-state index in [1.165, 1.54) is 11.0 Å². The summed E-state index contributed by atoms with van der Waals surface area (Å²) in [5, 5.41) is 6.90. The second-order valence-electron chi connectivity index (χ2n) is 7.26. The molecule has 3 aromatic rings. The summed E-state index contributed by atoms with van der Waals surface area (Å²) in [5.74, 6) is -4.56. The molecule has 0 saturated carbocycles. The molecule has 11 heteroatoms. The molecule has 0 spiro atoms. The number of benzene rings is 3.